The molecule has 2 heterocycles. The predicted octanol–water partition coefficient (Wildman–Crippen LogP) is 8.45. The zero-order chi connectivity index (χ0) is 22.9. The average Bonchev–Trinajstić information content (AvgIpc) is 3.31. The van der Waals surface area contributed by atoms with Gasteiger partial charge >= 0.3 is 25.4 Å². The van der Waals surface area contributed by atoms with Gasteiger partial charge in [0.25, 0.3) is 0 Å². The molecule has 0 aliphatic rings. The molecule has 2 aromatic carbocycles. The second-order valence-corrected chi connectivity index (χ2v) is 7.71. The summed E-state index contributed by atoms with van der Waals surface area (Å²) in [6.45, 7) is 5.52. The van der Waals surface area contributed by atoms with Crippen molar-refractivity contribution in [1.29, 1.82) is 0 Å². The second kappa shape index (κ2) is 15.9. The molecular weight excluding hydrogens is 547 g/mol. The maximum Gasteiger partial charge on any atom is 3.00 e. The van der Waals surface area contributed by atoms with E-state index in [2.05, 4.69) is 18.0 Å². The van der Waals surface area contributed by atoms with Crippen LogP contribution in [-0.4, -0.2) is 16.1 Å². The van der Waals surface area contributed by atoms with Crippen LogP contribution in [0.5, 0.6) is 0 Å². The van der Waals surface area contributed by atoms with Crippen molar-refractivity contribution in [1.82, 2.24) is 4.98 Å². The van der Waals surface area contributed by atoms with Gasteiger partial charge in [0, 0.05) is 5.56 Å². The van der Waals surface area contributed by atoms with E-state index in [4.69, 9.17) is 21.1 Å². The van der Waals surface area contributed by atoms with E-state index < -0.39 is 5.97 Å². The van der Waals surface area contributed by atoms with Crippen LogP contribution in [0.1, 0.15) is 34.5 Å². The van der Waals surface area contributed by atoms with Crippen molar-refractivity contribution in [3.05, 3.63) is 123 Å². The van der Waals surface area contributed by atoms with Gasteiger partial charge in [-0.1, -0.05) is 54.4 Å². The summed E-state index contributed by atoms with van der Waals surface area (Å²) < 4.78 is 4.94. The zero-order valence-corrected chi connectivity index (χ0v) is 22.8. The van der Waals surface area contributed by atoms with Gasteiger partial charge in [0.2, 0.25) is 0 Å². The molecule has 0 atom stereocenters. The molecule has 0 saturated carbocycles. The van der Waals surface area contributed by atoms with E-state index in [1.54, 1.807) is 18.6 Å². The van der Waals surface area contributed by atoms with Gasteiger partial charge in [-0.2, -0.15) is 0 Å². The van der Waals surface area contributed by atoms with Crippen LogP contribution >= 0.6 is 11.6 Å². The fraction of sp³-hybridized carbons (Fsp3) is 0.138. The van der Waals surface area contributed by atoms with E-state index in [9.17, 15) is 4.79 Å². The first kappa shape index (κ1) is 32.1. The SMILES string of the molecule is Cc1ccc(C(=O)O)nc1-c1c(Cl)ccc2ccccc12.[CH2-]/C=C/CCCc1ccoc1.[CH3-].[CH3-].[Ru+3]. The molecule has 35 heavy (non-hydrogen) atoms. The number of hydrogen-bond donors (Lipinski definition) is 1. The molecule has 0 bridgehead atoms. The summed E-state index contributed by atoms with van der Waals surface area (Å²) in [5, 5.41) is 11.7. The van der Waals surface area contributed by atoms with Crippen LogP contribution in [0.3, 0.4) is 0 Å². The molecule has 185 valence electrons. The molecule has 0 aliphatic carbocycles. The number of pyridine rings is 1. The van der Waals surface area contributed by atoms with Gasteiger partial charge in [0.15, 0.2) is 0 Å². The summed E-state index contributed by atoms with van der Waals surface area (Å²) in [6.07, 6.45) is 10.8. The molecule has 0 fully saturated rings. The number of aryl methyl sites for hydroxylation is 2. The first-order valence-corrected chi connectivity index (χ1v) is 10.7. The Kier molecular flexibility index (Phi) is 14.6. The van der Waals surface area contributed by atoms with Crippen molar-refractivity contribution < 1.29 is 33.8 Å². The monoisotopic (exact) mass is 578 g/mol. The number of nitrogens with zero attached hydrogens (tertiary/aromatic N) is 1. The van der Waals surface area contributed by atoms with Crippen molar-refractivity contribution in [2.75, 3.05) is 0 Å². The first-order chi connectivity index (χ1) is 15.5. The third-order valence-corrected chi connectivity index (χ3v) is 5.33. The maximum atomic E-state index is 11.1. The number of hydrogen-bond acceptors (Lipinski definition) is 3. The zero-order valence-electron chi connectivity index (χ0n) is 20.3. The van der Waals surface area contributed by atoms with Crippen LogP contribution in [0.25, 0.3) is 22.0 Å². The second-order valence-electron chi connectivity index (χ2n) is 7.31. The van der Waals surface area contributed by atoms with Crippen LogP contribution in [0.4, 0.5) is 0 Å². The number of carbonyl (C=O) groups is 1. The summed E-state index contributed by atoms with van der Waals surface area (Å²) >= 11 is 6.35. The average molecular weight is 578 g/mol. The molecule has 0 spiro atoms. The Morgan fingerprint density at radius 1 is 1.11 bits per heavy atom. The molecular formula is C29H31ClNO3Ru. The topological polar surface area (TPSA) is 63.3 Å². The standard InChI is InChI=1S/C17H12ClNO2.C10H13O.2CH3.Ru/c1-10-6-9-14(17(20)21)19-16(10)15-12-5-3-2-4-11(12)7-8-13(15)18;1-2-3-4-5-6-10-7-8-11-9-10;;;/h2-9H,1H3,(H,20,21);2-3,7-9H,1,4-6H2;2*1H3;/q;3*-1;+3/b;3-2+;;;. The summed E-state index contributed by atoms with van der Waals surface area (Å²) in [5.74, 6) is -1.05. The van der Waals surface area contributed by atoms with Crippen molar-refractivity contribution >= 4 is 28.3 Å². The minimum atomic E-state index is -1.05. The van der Waals surface area contributed by atoms with Gasteiger partial charge in [0.1, 0.15) is 5.69 Å². The van der Waals surface area contributed by atoms with Crippen LogP contribution in [-0.2, 0) is 25.9 Å². The number of aromatic nitrogens is 1. The largest absolute Gasteiger partial charge is 3.00 e. The van der Waals surface area contributed by atoms with E-state index in [-0.39, 0.29) is 40.0 Å². The van der Waals surface area contributed by atoms with E-state index in [0.29, 0.717) is 10.7 Å². The van der Waals surface area contributed by atoms with E-state index >= 15 is 0 Å². The van der Waals surface area contributed by atoms with Crippen LogP contribution in [0, 0.1) is 28.7 Å². The number of halogens is 1. The van der Waals surface area contributed by atoms with Crippen LogP contribution in [0.2, 0.25) is 5.02 Å². The van der Waals surface area contributed by atoms with Gasteiger partial charge in [-0.25, -0.2) is 28.9 Å². The maximum absolute atomic E-state index is 11.1. The fourth-order valence-electron chi connectivity index (χ4n) is 3.36. The Morgan fingerprint density at radius 3 is 2.51 bits per heavy atom. The quantitative estimate of drug-likeness (QED) is 0.142. The number of allylic oxidation sites excluding steroid dienone is 2. The molecule has 2 aromatic heterocycles. The molecule has 4 rings (SSSR count). The normalized spacial score (nSPS) is 9.89. The molecule has 1 N–H and O–H groups in total. The number of carboxylic acids is 1. The van der Waals surface area contributed by atoms with Crippen molar-refractivity contribution in [3.63, 3.8) is 0 Å². The summed E-state index contributed by atoms with van der Waals surface area (Å²) in [7, 11) is 0. The van der Waals surface area contributed by atoms with Crippen molar-refractivity contribution in [2.45, 2.75) is 26.2 Å². The Morgan fingerprint density at radius 2 is 1.86 bits per heavy atom. The van der Waals surface area contributed by atoms with Crippen molar-refractivity contribution in [3.8, 4) is 11.3 Å². The molecule has 0 aliphatic heterocycles. The van der Waals surface area contributed by atoms with Gasteiger partial charge in [0.05, 0.1) is 23.2 Å². The number of fused-ring (bicyclic) bond motifs is 1. The number of aromatic carboxylic acids is 1. The summed E-state index contributed by atoms with van der Waals surface area (Å²) in [6, 6.07) is 16.9. The Balaban J connectivity index is 0.000000714. The first-order valence-electron chi connectivity index (χ1n) is 10.3. The smallest absolute Gasteiger partial charge is 0.477 e. The van der Waals surface area contributed by atoms with Crippen molar-refractivity contribution in [2.24, 2.45) is 0 Å². The number of benzene rings is 2. The van der Waals surface area contributed by atoms with Gasteiger partial charge in [-0.3, -0.25) is 0 Å². The van der Waals surface area contributed by atoms with E-state index in [0.717, 1.165) is 34.7 Å². The van der Waals surface area contributed by atoms with E-state index in [1.807, 2.05) is 55.5 Å². The number of rotatable bonds is 6. The minimum Gasteiger partial charge on any atom is -0.477 e. The van der Waals surface area contributed by atoms with Gasteiger partial charge < -0.3 is 24.4 Å². The molecule has 6 heteroatoms. The predicted molar refractivity (Wildman–Crippen MR) is 143 cm³/mol. The number of furan rings is 1. The molecule has 1 radical (unpaired) electrons. The molecule has 4 aromatic rings. The third kappa shape index (κ3) is 8.69. The third-order valence-electron chi connectivity index (χ3n) is 5.01. The van der Waals surface area contributed by atoms with E-state index in [1.165, 1.54) is 18.1 Å². The molecule has 0 saturated heterocycles. The Labute approximate surface area is 226 Å². The number of unbranched alkanes of at least 4 members (excludes halogenated alkanes) is 1. The molecule has 0 unspecified atom stereocenters. The van der Waals surface area contributed by atoms with Gasteiger partial charge in [-0.05, 0) is 53.4 Å². The fourth-order valence-corrected chi connectivity index (χ4v) is 3.62. The Hall–Kier alpha value is -2.88. The van der Waals surface area contributed by atoms with Crippen LogP contribution in [0.15, 0.2) is 83.7 Å². The summed E-state index contributed by atoms with van der Waals surface area (Å²) in [4.78, 5) is 15.4. The van der Waals surface area contributed by atoms with Gasteiger partial charge in [-0.15, -0.1) is 6.42 Å². The van der Waals surface area contributed by atoms with Crippen LogP contribution < -0.4 is 0 Å². The number of carboxylic acid groups (broad SMARTS) is 1. The summed E-state index contributed by atoms with van der Waals surface area (Å²) in [5.41, 5.74) is 3.56. The molecule has 0 amide bonds. The minimum absolute atomic E-state index is 0. The Bertz CT molecular complexity index is 1220. The molecule has 4 nitrogen and oxygen atoms in total.